The highest BCUT2D eigenvalue weighted by Gasteiger charge is 2.62. The van der Waals surface area contributed by atoms with E-state index in [0.29, 0.717) is 29.4 Å². The molecule has 4 heterocycles. The van der Waals surface area contributed by atoms with E-state index in [1.165, 1.54) is 7.11 Å². The van der Waals surface area contributed by atoms with Crippen LogP contribution in [0, 0.1) is 12.8 Å². The van der Waals surface area contributed by atoms with Gasteiger partial charge in [0, 0.05) is 41.9 Å². The van der Waals surface area contributed by atoms with Gasteiger partial charge < -0.3 is 24.7 Å². The van der Waals surface area contributed by atoms with E-state index < -0.39 is 22.9 Å². The van der Waals surface area contributed by atoms with E-state index in [2.05, 4.69) is 4.98 Å². The van der Waals surface area contributed by atoms with Crippen LogP contribution in [0.15, 0.2) is 71.1 Å². The summed E-state index contributed by atoms with van der Waals surface area (Å²) >= 11 is 0. The molecule has 1 unspecified atom stereocenters. The average molecular weight is 499 g/mol. The highest BCUT2D eigenvalue weighted by atomic mass is 16.5. The summed E-state index contributed by atoms with van der Waals surface area (Å²) in [5, 5.41) is 0. The number of hydrogen-bond donors (Lipinski definition) is 1. The van der Waals surface area contributed by atoms with Crippen LogP contribution in [-0.4, -0.2) is 35.1 Å². The molecule has 3 aliphatic rings. The van der Waals surface area contributed by atoms with Crippen LogP contribution in [0.5, 0.6) is 5.75 Å². The Morgan fingerprint density at radius 3 is 2.70 bits per heavy atom. The molecule has 1 atom stereocenters. The number of ether oxygens (including phenoxy) is 2. The Labute approximate surface area is 213 Å². The van der Waals surface area contributed by atoms with Crippen LogP contribution in [0.25, 0.3) is 0 Å². The second-order valence-corrected chi connectivity index (χ2v) is 9.74. The molecule has 1 spiro atoms. The van der Waals surface area contributed by atoms with Gasteiger partial charge in [0.1, 0.15) is 16.7 Å². The van der Waals surface area contributed by atoms with E-state index in [1.54, 1.807) is 53.0 Å². The molecule has 2 N–H and O–H groups in total. The number of methoxy groups -OCH3 is 1. The zero-order valence-corrected chi connectivity index (χ0v) is 20.6. The van der Waals surface area contributed by atoms with E-state index in [4.69, 9.17) is 15.2 Å². The summed E-state index contributed by atoms with van der Waals surface area (Å²) in [5.74, 6) is -0.943. The number of carbonyl (C=O) groups excluding carboxylic acids is 2. The first-order valence-corrected chi connectivity index (χ1v) is 12.2. The lowest BCUT2D eigenvalue weighted by Crippen LogP contribution is -2.52. The quantitative estimate of drug-likeness (QED) is 0.537. The van der Waals surface area contributed by atoms with Crippen molar-refractivity contribution in [2.75, 3.05) is 18.6 Å². The molecule has 0 radical (unpaired) electrons. The third-order valence-corrected chi connectivity index (χ3v) is 7.44. The predicted octanol–water partition coefficient (Wildman–Crippen LogP) is 2.38. The predicted molar refractivity (Wildman–Crippen MR) is 135 cm³/mol. The first-order chi connectivity index (χ1) is 17.9. The maximum Gasteiger partial charge on any atom is 0.340 e. The fraction of sp³-hybridized carbons (Fsp3) is 0.286. The molecule has 188 valence electrons. The summed E-state index contributed by atoms with van der Waals surface area (Å²) in [7, 11) is 1.22. The topological polar surface area (TPSA) is 117 Å². The van der Waals surface area contributed by atoms with Crippen LogP contribution in [0.1, 0.15) is 35.2 Å². The molecule has 1 amide bonds. The summed E-state index contributed by atoms with van der Waals surface area (Å²) in [5.41, 5.74) is 6.59. The van der Waals surface area contributed by atoms with Crippen molar-refractivity contribution in [3.63, 3.8) is 0 Å². The van der Waals surface area contributed by atoms with Gasteiger partial charge in [0.2, 0.25) is 11.8 Å². The lowest BCUT2D eigenvalue weighted by atomic mass is 9.68. The standard InChI is InChI=1S/C28H26N4O5/c1-16-12-21-22(25(33)31(16)15-18-6-5-11-30-13-18)28(23(24(29)37-21)26(34)36-2)19-7-3-4-8-20(19)32(27(28)35)14-17-9-10-17/h3-8,11-13,17H,9-10,14-15,29H2,1-2H3. The summed E-state index contributed by atoms with van der Waals surface area (Å²) in [6.07, 6.45) is 5.39. The molecule has 6 rings (SSSR count). The van der Waals surface area contributed by atoms with Gasteiger partial charge in [-0.3, -0.25) is 14.6 Å². The zero-order valence-electron chi connectivity index (χ0n) is 20.6. The molecule has 37 heavy (non-hydrogen) atoms. The van der Waals surface area contributed by atoms with E-state index >= 15 is 0 Å². The number of amides is 1. The largest absolute Gasteiger partial charge is 0.465 e. The van der Waals surface area contributed by atoms with Crippen molar-refractivity contribution in [2.24, 2.45) is 11.7 Å². The van der Waals surface area contributed by atoms with Gasteiger partial charge in [0.15, 0.2) is 0 Å². The van der Waals surface area contributed by atoms with Crippen molar-refractivity contribution in [1.29, 1.82) is 0 Å². The van der Waals surface area contributed by atoms with Crippen LogP contribution < -0.4 is 20.9 Å². The molecule has 9 nitrogen and oxygen atoms in total. The summed E-state index contributed by atoms with van der Waals surface area (Å²) in [6.45, 7) is 2.52. The van der Waals surface area contributed by atoms with Crippen molar-refractivity contribution < 1.29 is 19.1 Å². The minimum Gasteiger partial charge on any atom is -0.465 e. The summed E-state index contributed by atoms with van der Waals surface area (Å²) < 4.78 is 12.5. The number of nitrogens with two attached hydrogens (primary N) is 1. The Morgan fingerprint density at radius 2 is 2.00 bits per heavy atom. The highest BCUT2D eigenvalue weighted by molar-refractivity contribution is 6.18. The lowest BCUT2D eigenvalue weighted by molar-refractivity contribution is -0.138. The number of pyridine rings is 2. The van der Waals surface area contributed by atoms with Gasteiger partial charge in [-0.05, 0) is 43.4 Å². The molecule has 1 aromatic carbocycles. The number of aromatic nitrogens is 2. The van der Waals surface area contributed by atoms with Gasteiger partial charge in [-0.2, -0.15) is 0 Å². The number of nitrogens with zero attached hydrogens (tertiary/aromatic N) is 3. The zero-order chi connectivity index (χ0) is 25.9. The number of carbonyl (C=O) groups is 2. The van der Waals surface area contributed by atoms with Crippen molar-refractivity contribution >= 4 is 17.6 Å². The number of esters is 1. The van der Waals surface area contributed by atoms with E-state index in [9.17, 15) is 14.4 Å². The Hall–Kier alpha value is -4.40. The molecule has 3 aromatic rings. The molecule has 2 aromatic heterocycles. The van der Waals surface area contributed by atoms with Gasteiger partial charge in [-0.25, -0.2) is 4.79 Å². The van der Waals surface area contributed by atoms with Gasteiger partial charge in [0.25, 0.3) is 5.56 Å². The minimum atomic E-state index is -1.79. The second-order valence-electron chi connectivity index (χ2n) is 9.74. The third-order valence-electron chi connectivity index (χ3n) is 7.44. The van der Waals surface area contributed by atoms with Crippen molar-refractivity contribution in [1.82, 2.24) is 9.55 Å². The van der Waals surface area contributed by atoms with Crippen molar-refractivity contribution in [3.8, 4) is 5.75 Å². The highest BCUT2D eigenvalue weighted by Crippen LogP contribution is 2.55. The molecule has 1 fully saturated rings. The maximum absolute atomic E-state index is 14.6. The third kappa shape index (κ3) is 3.30. The summed E-state index contributed by atoms with van der Waals surface area (Å²) in [6, 6.07) is 12.6. The Balaban J connectivity index is 1.67. The second kappa shape index (κ2) is 8.33. The molecule has 1 saturated carbocycles. The average Bonchev–Trinajstić information content (AvgIpc) is 3.69. The molecular weight excluding hydrogens is 472 g/mol. The van der Waals surface area contributed by atoms with Gasteiger partial charge in [0.05, 0.1) is 19.2 Å². The Morgan fingerprint density at radius 1 is 1.22 bits per heavy atom. The Bertz CT molecular complexity index is 1540. The van der Waals surface area contributed by atoms with Gasteiger partial charge >= 0.3 is 5.97 Å². The summed E-state index contributed by atoms with van der Waals surface area (Å²) in [4.78, 5) is 48.0. The minimum absolute atomic E-state index is 0.0623. The first-order valence-electron chi connectivity index (χ1n) is 12.2. The van der Waals surface area contributed by atoms with E-state index in [0.717, 1.165) is 18.4 Å². The van der Waals surface area contributed by atoms with Gasteiger partial charge in [-0.15, -0.1) is 0 Å². The fourth-order valence-electron chi connectivity index (χ4n) is 5.55. The maximum atomic E-state index is 14.6. The molecule has 2 aliphatic heterocycles. The van der Waals surface area contributed by atoms with Crippen LogP contribution in [-0.2, 0) is 26.3 Å². The number of rotatable bonds is 5. The number of benzene rings is 1. The Kier molecular flexibility index (Phi) is 5.18. The molecular formula is C28H26N4O5. The molecule has 9 heteroatoms. The van der Waals surface area contributed by atoms with Crippen molar-refractivity contribution in [2.45, 2.75) is 31.7 Å². The van der Waals surface area contributed by atoms with E-state index in [-0.39, 0.29) is 29.3 Å². The van der Waals surface area contributed by atoms with Crippen LogP contribution >= 0.6 is 0 Å². The van der Waals surface area contributed by atoms with Crippen LogP contribution in [0.4, 0.5) is 5.69 Å². The number of hydrogen-bond acceptors (Lipinski definition) is 7. The number of anilines is 1. The van der Waals surface area contributed by atoms with Crippen LogP contribution in [0.2, 0.25) is 0 Å². The number of fused-ring (bicyclic) bond motifs is 4. The molecule has 1 aliphatic carbocycles. The van der Waals surface area contributed by atoms with Gasteiger partial charge in [-0.1, -0.05) is 24.3 Å². The normalized spacial score (nSPS) is 20.1. The van der Waals surface area contributed by atoms with E-state index in [1.807, 2.05) is 18.2 Å². The first kappa shape index (κ1) is 23.0. The monoisotopic (exact) mass is 498 g/mol. The number of aryl methyl sites for hydroxylation is 1. The SMILES string of the molecule is COC(=O)C1=C(N)Oc2cc(C)n(Cc3cccnc3)c(=O)c2C12C(=O)N(CC1CC1)c1ccccc12. The fourth-order valence-corrected chi connectivity index (χ4v) is 5.55. The lowest BCUT2D eigenvalue weighted by Gasteiger charge is -2.36. The molecule has 0 saturated heterocycles. The van der Waals surface area contributed by atoms with Crippen LogP contribution in [0.3, 0.4) is 0 Å². The van der Waals surface area contributed by atoms with Crippen molar-refractivity contribution in [3.05, 3.63) is 99.1 Å². The smallest absolute Gasteiger partial charge is 0.340 e. The number of para-hydroxylation sites is 1. The molecule has 0 bridgehead atoms.